The second kappa shape index (κ2) is 5.01. The summed E-state index contributed by atoms with van der Waals surface area (Å²) in [6, 6.07) is 4.06. The van der Waals surface area contributed by atoms with Crippen LogP contribution in [0.1, 0.15) is 19.3 Å². The molecule has 20 heavy (non-hydrogen) atoms. The van der Waals surface area contributed by atoms with Gasteiger partial charge in [0.1, 0.15) is 5.82 Å². The van der Waals surface area contributed by atoms with Gasteiger partial charge in [-0.05, 0) is 37.2 Å². The van der Waals surface area contributed by atoms with Gasteiger partial charge in [0.25, 0.3) is 5.69 Å². The Kier molecular flexibility index (Phi) is 3.33. The number of halogens is 1. The van der Waals surface area contributed by atoms with Crippen molar-refractivity contribution < 1.29 is 9.31 Å². The summed E-state index contributed by atoms with van der Waals surface area (Å²) in [5, 5.41) is 10.8. The molecule has 5 nitrogen and oxygen atoms in total. The van der Waals surface area contributed by atoms with E-state index in [-0.39, 0.29) is 11.7 Å². The summed E-state index contributed by atoms with van der Waals surface area (Å²) >= 11 is 0. The Morgan fingerprint density at radius 2 is 2.00 bits per heavy atom. The van der Waals surface area contributed by atoms with Gasteiger partial charge in [-0.15, -0.1) is 0 Å². The summed E-state index contributed by atoms with van der Waals surface area (Å²) < 4.78 is 13.5. The highest BCUT2D eigenvalue weighted by Gasteiger charge is 2.37. The number of nitrogens with zero attached hydrogens (tertiary/aromatic N) is 2. The van der Waals surface area contributed by atoms with Crippen molar-refractivity contribution in [2.75, 3.05) is 18.0 Å². The first-order chi connectivity index (χ1) is 9.52. The van der Waals surface area contributed by atoms with E-state index < -0.39 is 10.7 Å². The van der Waals surface area contributed by atoms with Crippen molar-refractivity contribution in [2.24, 2.45) is 17.6 Å². The fourth-order valence-electron chi connectivity index (χ4n) is 3.53. The Bertz CT molecular complexity index is 537. The Balaban J connectivity index is 1.82. The van der Waals surface area contributed by atoms with Crippen LogP contribution in [0.4, 0.5) is 15.8 Å². The second-order valence-corrected chi connectivity index (χ2v) is 5.92. The molecule has 3 rings (SSSR count). The standard InChI is InChI=1S/C14H18FN3O2/c15-11-4-13(6-14(5-11)18(19)20)17-7-9-1-2-12(16)3-10(9)8-17/h4-6,9-10,12H,1-3,7-8,16H2/t9-,10+,12?/m1/s1. The molecule has 1 aliphatic heterocycles. The van der Waals surface area contributed by atoms with E-state index >= 15 is 0 Å². The maximum atomic E-state index is 13.5. The van der Waals surface area contributed by atoms with Gasteiger partial charge in [0.05, 0.1) is 11.0 Å². The van der Waals surface area contributed by atoms with Gasteiger partial charge in [0.2, 0.25) is 0 Å². The molecule has 2 N–H and O–H groups in total. The van der Waals surface area contributed by atoms with Gasteiger partial charge in [-0.25, -0.2) is 4.39 Å². The summed E-state index contributed by atoms with van der Waals surface area (Å²) in [5.74, 6) is 0.555. The monoisotopic (exact) mass is 279 g/mol. The molecular formula is C14H18FN3O2. The summed E-state index contributed by atoms with van der Waals surface area (Å²) in [7, 11) is 0. The Hall–Kier alpha value is -1.69. The highest BCUT2D eigenvalue weighted by atomic mass is 19.1. The van der Waals surface area contributed by atoms with E-state index in [0.717, 1.165) is 38.4 Å². The first-order valence-corrected chi connectivity index (χ1v) is 6.98. The van der Waals surface area contributed by atoms with Gasteiger partial charge in [-0.2, -0.15) is 0 Å². The highest BCUT2D eigenvalue weighted by molar-refractivity contribution is 5.54. The van der Waals surface area contributed by atoms with Crippen LogP contribution >= 0.6 is 0 Å². The molecule has 0 spiro atoms. The second-order valence-electron chi connectivity index (χ2n) is 5.92. The maximum absolute atomic E-state index is 13.5. The number of non-ortho nitro benzene ring substituents is 1. The minimum atomic E-state index is -0.555. The zero-order valence-electron chi connectivity index (χ0n) is 11.2. The molecule has 0 aromatic heterocycles. The minimum absolute atomic E-state index is 0.188. The van der Waals surface area contributed by atoms with Gasteiger partial charge in [-0.1, -0.05) is 0 Å². The molecule has 0 radical (unpaired) electrons. The molecule has 1 unspecified atom stereocenters. The van der Waals surface area contributed by atoms with E-state index in [2.05, 4.69) is 4.90 Å². The highest BCUT2D eigenvalue weighted by Crippen LogP contribution is 2.38. The lowest BCUT2D eigenvalue weighted by Crippen LogP contribution is -2.32. The van der Waals surface area contributed by atoms with Crippen molar-refractivity contribution >= 4 is 11.4 Å². The van der Waals surface area contributed by atoms with Crippen LogP contribution in [0.25, 0.3) is 0 Å². The van der Waals surface area contributed by atoms with Crippen molar-refractivity contribution in [1.29, 1.82) is 0 Å². The van der Waals surface area contributed by atoms with Gasteiger partial charge in [-0.3, -0.25) is 10.1 Å². The van der Waals surface area contributed by atoms with Crippen LogP contribution in [0.15, 0.2) is 18.2 Å². The van der Waals surface area contributed by atoms with E-state index in [1.54, 1.807) is 0 Å². The number of benzene rings is 1. The molecule has 6 heteroatoms. The van der Waals surface area contributed by atoms with E-state index in [1.165, 1.54) is 12.1 Å². The van der Waals surface area contributed by atoms with Crippen molar-refractivity contribution in [3.05, 3.63) is 34.1 Å². The van der Waals surface area contributed by atoms with Gasteiger partial charge < -0.3 is 10.6 Å². The molecule has 1 aromatic rings. The first-order valence-electron chi connectivity index (χ1n) is 6.98. The molecule has 1 saturated carbocycles. The lowest BCUT2D eigenvalue weighted by molar-refractivity contribution is -0.385. The Labute approximate surface area is 116 Å². The molecule has 1 heterocycles. The topological polar surface area (TPSA) is 72.4 Å². The molecule has 2 aliphatic rings. The molecule has 1 aromatic carbocycles. The number of hydrogen-bond acceptors (Lipinski definition) is 4. The van der Waals surface area contributed by atoms with Crippen molar-refractivity contribution in [1.82, 2.24) is 0 Å². The minimum Gasteiger partial charge on any atom is -0.371 e. The van der Waals surface area contributed by atoms with E-state index in [1.807, 2.05) is 0 Å². The third kappa shape index (κ3) is 2.47. The van der Waals surface area contributed by atoms with Crippen LogP contribution in [0.2, 0.25) is 0 Å². The summed E-state index contributed by atoms with van der Waals surface area (Å²) in [5.41, 5.74) is 6.42. The lowest BCUT2D eigenvalue weighted by Gasteiger charge is -2.27. The van der Waals surface area contributed by atoms with Crippen LogP contribution < -0.4 is 10.6 Å². The zero-order chi connectivity index (χ0) is 14.3. The fraction of sp³-hybridized carbons (Fsp3) is 0.571. The van der Waals surface area contributed by atoms with Crippen molar-refractivity contribution in [3.63, 3.8) is 0 Å². The summed E-state index contributed by atoms with van der Waals surface area (Å²) in [6.07, 6.45) is 3.14. The fourth-order valence-corrected chi connectivity index (χ4v) is 3.53. The Morgan fingerprint density at radius 1 is 1.25 bits per heavy atom. The predicted octanol–water partition coefficient (Wildman–Crippen LogP) is 2.30. The number of nitro groups is 1. The lowest BCUT2D eigenvalue weighted by atomic mass is 9.79. The summed E-state index contributed by atoms with van der Waals surface area (Å²) in [6.45, 7) is 1.66. The molecular weight excluding hydrogens is 261 g/mol. The third-order valence-electron chi connectivity index (χ3n) is 4.53. The zero-order valence-corrected chi connectivity index (χ0v) is 11.2. The first kappa shape index (κ1) is 13.3. The van der Waals surface area contributed by atoms with Crippen LogP contribution in [-0.4, -0.2) is 24.1 Å². The molecule has 108 valence electrons. The third-order valence-corrected chi connectivity index (χ3v) is 4.53. The maximum Gasteiger partial charge on any atom is 0.274 e. The van der Waals surface area contributed by atoms with Crippen LogP contribution in [0, 0.1) is 27.8 Å². The normalized spacial score (nSPS) is 29.3. The van der Waals surface area contributed by atoms with Crippen molar-refractivity contribution in [3.8, 4) is 0 Å². The van der Waals surface area contributed by atoms with E-state index in [4.69, 9.17) is 5.73 Å². The predicted molar refractivity (Wildman–Crippen MR) is 74.1 cm³/mol. The number of nitrogens with two attached hydrogens (primary N) is 1. The SMILES string of the molecule is NC1CC[C@@H]2CN(c3cc(F)cc([N+](=O)[O-])c3)C[C@@H]2C1. The average Bonchev–Trinajstić information content (AvgIpc) is 2.80. The quantitative estimate of drug-likeness (QED) is 0.666. The van der Waals surface area contributed by atoms with Gasteiger partial charge in [0, 0.05) is 30.9 Å². The number of rotatable bonds is 2. The molecule has 1 aliphatic carbocycles. The number of anilines is 1. The molecule has 2 fully saturated rings. The largest absolute Gasteiger partial charge is 0.371 e. The molecule has 1 saturated heterocycles. The number of nitro benzene ring substituents is 1. The summed E-state index contributed by atoms with van der Waals surface area (Å²) in [4.78, 5) is 12.3. The van der Waals surface area contributed by atoms with Crippen molar-refractivity contribution in [2.45, 2.75) is 25.3 Å². The molecule has 0 amide bonds. The molecule has 3 atom stereocenters. The van der Waals surface area contributed by atoms with E-state index in [0.29, 0.717) is 17.5 Å². The van der Waals surface area contributed by atoms with Crippen LogP contribution in [-0.2, 0) is 0 Å². The van der Waals surface area contributed by atoms with Gasteiger partial charge >= 0.3 is 0 Å². The van der Waals surface area contributed by atoms with E-state index in [9.17, 15) is 14.5 Å². The van der Waals surface area contributed by atoms with Gasteiger partial charge in [0.15, 0.2) is 0 Å². The molecule has 0 bridgehead atoms. The van der Waals surface area contributed by atoms with Crippen LogP contribution in [0.5, 0.6) is 0 Å². The Morgan fingerprint density at radius 3 is 2.75 bits per heavy atom. The van der Waals surface area contributed by atoms with Crippen LogP contribution in [0.3, 0.4) is 0 Å². The smallest absolute Gasteiger partial charge is 0.274 e. The number of fused-ring (bicyclic) bond motifs is 1. The average molecular weight is 279 g/mol. The number of hydrogen-bond donors (Lipinski definition) is 1.